The summed E-state index contributed by atoms with van der Waals surface area (Å²) in [5.74, 6) is 0.628. The first-order valence-electron chi connectivity index (χ1n) is 8.56. The van der Waals surface area contributed by atoms with Gasteiger partial charge >= 0.3 is 12.2 Å². The van der Waals surface area contributed by atoms with Gasteiger partial charge in [0.2, 0.25) is 0 Å². The Kier molecular flexibility index (Phi) is 5.87. The summed E-state index contributed by atoms with van der Waals surface area (Å²) in [6, 6.07) is 5.93. The molecule has 2 N–H and O–H groups in total. The van der Waals surface area contributed by atoms with E-state index in [0.29, 0.717) is 5.76 Å². The van der Waals surface area contributed by atoms with Crippen LogP contribution in [0.1, 0.15) is 17.4 Å². The largest absolute Gasteiger partial charge is 0.468 e. The van der Waals surface area contributed by atoms with Crippen LogP contribution in [-0.4, -0.2) is 46.3 Å². The first-order chi connectivity index (χ1) is 13.8. The van der Waals surface area contributed by atoms with Gasteiger partial charge in [0, 0.05) is 6.54 Å². The van der Waals surface area contributed by atoms with Gasteiger partial charge in [0.1, 0.15) is 18.4 Å². The van der Waals surface area contributed by atoms with Gasteiger partial charge in [-0.3, -0.25) is 4.90 Å². The third kappa shape index (κ3) is 4.93. The second-order valence-corrected chi connectivity index (χ2v) is 6.40. The van der Waals surface area contributed by atoms with Crippen LogP contribution in [0.2, 0.25) is 0 Å². The number of urea groups is 1. The van der Waals surface area contributed by atoms with Crippen LogP contribution in [0, 0.1) is 0 Å². The SMILES string of the molecule is CN(C)[C@@H](CNC(=O)Nc1ccc(-n2cncn2)cc1C(F)(F)F)c1ccco1. The van der Waals surface area contributed by atoms with Gasteiger partial charge in [-0.15, -0.1) is 0 Å². The van der Waals surface area contributed by atoms with Crippen LogP contribution in [0.15, 0.2) is 53.7 Å². The van der Waals surface area contributed by atoms with Crippen molar-refractivity contribution < 1.29 is 22.4 Å². The standard InChI is InChI=1S/C18H19F3N6O2/c1-26(2)15(16-4-3-7-29-16)9-23-17(28)25-14-6-5-12(27-11-22-10-24-27)8-13(14)18(19,20)21/h3-8,10-11,15H,9H2,1-2H3,(H2,23,25,28)/t15-/m0/s1. The van der Waals surface area contributed by atoms with E-state index in [9.17, 15) is 18.0 Å². The Morgan fingerprint density at radius 1 is 1.31 bits per heavy atom. The summed E-state index contributed by atoms with van der Waals surface area (Å²) in [7, 11) is 3.61. The topological polar surface area (TPSA) is 88.2 Å². The number of anilines is 1. The predicted octanol–water partition coefficient (Wildman–Crippen LogP) is 3.30. The monoisotopic (exact) mass is 408 g/mol. The van der Waals surface area contributed by atoms with Gasteiger partial charge in [-0.1, -0.05) is 0 Å². The van der Waals surface area contributed by atoms with Crippen molar-refractivity contribution in [1.82, 2.24) is 25.0 Å². The maximum absolute atomic E-state index is 13.5. The molecule has 11 heteroatoms. The molecule has 1 aromatic carbocycles. The number of nitrogens with one attached hydrogen (secondary N) is 2. The van der Waals surface area contributed by atoms with E-state index in [-0.39, 0.29) is 24.0 Å². The first-order valence-corrected chi connectivity index (χ1v) is 8.56. The van der Waals surface area contributed by atoms with Gasteiger partial charge in [-0.2, -0.15) is 18.3 Å². The van der Waals surface area contributed by atoms with Crippen molar-refractivity contribution in [2.75, 3.05) is 26.0 Å². The molecule has 0 saturated heterocycles. The molecule has 0 bridgehead atoms. The normalized spacial score (nSPS) is 12.8. The highest BCUT2D eigenvalue weighted by Gasteiger charge is 2.34. The van der Waals surface area contributed by atoms with E-state index in [0.717, 1.165) is 6.07 Å². The summed E-state index contributed by atoms with van der Waals surface area (Å²) in [5.41, 5.74) is -1.18. The molecule has 0 radical (unpaired) electrons. The molecule has 2 aromatic heterocycles. The fourth-order valence-electron chi connectivity index (χ4n) is 2.73. The Morgan fingerprint density at radius 2 is 2.10 bits per heavy atom. The van der Waals surface area contributed by atoms with Crippen LogP contribution in [0.5, 0.6) is 0 Å². The Balaban J connectivity index is 1.74. The molecule has 0 aliphatic carbocycles. The number of hydrogen-bond acceptors (Lipinski definition) is 5. The van der Waals surface area contributed by atoms with Gasteiger partial charge in [-0.05, 0) is 44.4 Å². The van der Waals surface area contributed by atoms with E-state index in [4.69, 9.17) is 4.42 Å². The molecule has 29 heavy (non-hydrogen) atoms. The predicted molar refractivity (Wildman–Crippen MR) is 98.5 cm³/mol. The summed E-state index contributed by atoms with van der Waals surface area (Å²) in [6.45, 7) is 0.144. The van der Waals surface area contributed by atoms with Gasteiger partial charge in [0.25, 0.3) is 0 Å². The molecular formula is C18H19F3N6O2. The van der Waals surface area contributed by atoms with Crippen LogP contribution < -0.4 is 10.6 Å². The number of benzene rings is 1. The number of aromatic nitrogens is 3. The minimum atomic E-state index is -4.67. The van der Waals surface area contributed by atoms with Crippen LogP contribution in [0.4, 0.5) is 23.7 Å². The number of halogens is 3. The van der Waals surface area contributed by atoms with Crippen LogP contribution in [0.25, 0.3) is 5.69 Å². The molecule has 3 aromatic rings. The van der Waals surface area contributed by atoms with Crippen LogP contribution in [0.3, 0.4) is 0 Å². The summed E-state index contributed by atoms with van der Waals surface area (Å²) >= 11 is 0. The highest BCUT2D eigenvalue weighted by atomic mass is 19.4. The number of likely N-dealkylation sites (N-methyl/N-ethyl adjacent to an activating group) is 1. The maximum atomic E-state index is 13.5. The van der Waals surface area contributed by atoms with E-state index in [1.807, 2.05) is 4.90 Å². The summed E-state index contributed by atoms with van der Waals surface area (Å²) in [6.07, 6.45) is -0.657. The van der Waals surface area contributed by atoms with Gasteiger partial charge in [0.05, 0.1) is 29.2 Å². The Morgan fingerprint density at radius 3 is 2.69 bits per heavy atom. The number of alkyl halides is 3. The quantitative estimate of drug-likeness (QED) is 0.653. The first kappa shape index (κ1) is 20.4. The van der Waals surface area contributed by atoms with E-state index >= 15 is 0 Å². The Bertz CT molecular complexity index is 939. The Labute approximate surface area is 164 Å². The second-order valence-electron chi connectivity index (χ2n) is 6.40. The number of furan rings is 1. The van der Waals surface area contributed by atoms with Gasteiger partial charge < -0.3 is 15.1 Å². The zero-order chi connectivity index (χ0) is 21.0. The summed E-state index contributed by atoms with van der Waals surface area (Å²) < 4.78 is 47.0. The molecule has 8 nitrogen and oxygen atoms in total. The molecule has 0 unspecified atom stereocenters. The molecule has 0 aliphatic heterocycles. The van der Waals surface area contributed by atoms with Gasteiger partial charge in [0.15, 0.2) is 0 Å². The number of rotatable bonds is 6. The van der Waals surface area contributed by atoms with Crippen molar-refractivity contribution in [3.8, 4) is 5.69 Å². The lowest BCUT2D eigenvalue weighted by Crippen LogP contribution is -2.37. The molecule has 0 spiro atoms. The third-order valence-electron chi connectivity index (χ3n) is 4.19. The van der Waals surface area contributed by atoms with E-state index < -0.39 is 17.8 Å². The zero-order valence-electron chi connectivity index (χ0n) is 15.6. The van der Waals surface area contributed by atoms with Crippen molar-refractivity contribution in [2.45, 2.75) is 12.2 Å². The van der Waals surface area contributed by atoms with Crippen LogP contribution >= 0.6 is 0 Å². The van der Waals surface area contributed by atoms with E-state index in [2.05, 4.69) is 20.7 Å². The van der Waals surface area contributed by atoms with Crippen LogP contribution in [-0.2, 0) is 6.18 Å². The van der Waals surface area contributed by atoms with Crippen molar-refractivity contribution >= 4 is 11.7 Å². The van der Waals surface area contributed by atoms with Crippen molar-refractivity contribution in [1.29, 1.82) is 0 Å². The molecule has 0 fully saturated rings. The molecule has 3 rings (SSSR count). The minimum Gasteiger partial charge on any atom is -0.468 e. The Hall–Kier alpha value is -3.34. The zero-order valence-corrected chi connectivity index (χ0v) is 15.6. The maximum Gasteiger partial charge on any atom is 0.418 e. The minimum absolute atomic E-state index is 0.144. The van der Waals surface area contributed by atoms with Crippen molar-refractivity contribution in [2.24, 2.45) is 0 Å². The summed E-state index contributed by atoms with van der Waals surface area (Å²) in [4.78, 5) is 17.8. The number of hydrogen-bond donors (Lipinski definition) is 2. The van der Waals surface area contributed by atoms with Gasteiger partial charge in [-0.25, -0.2) is 14.5 Å². The molecule has 1 atom stereocenters. The van der Waals surface area contributed by atoms with Crippen molar-refractivity contribution in [3.05, 3.63) is 60.6 Å². The average molecular weight is 408 g/mol. The molecular weight excluding hydrogens is 389 g/mol. The fraction of sp³-hybridized carbons (Fsp3) is 0.278. The number of carbonyl (C=O) groups excluding carboxylic acids is 1. The molecule has 0 aliphatic rings. The van der Waals surface area contributed by atoms with E-state index in [1.165, 1.54) is 35.7 Å². The lowest BCUT2D eigenvalue weighted by atomic mass is 10.1. The number of amides is 2. The van der Waals surface area contributed by atoms with Crippen molar-refractivity contribution in [3.63, 3.8) is 0 Å². The smallest absolute Gasteiger partial charge is 0.418 e. The highest BCUT2D eigenvalue weighted by molar-refractivity contribution is 5.90. The summed E-state index contributed by atoms with van der Waals surface area (Å²) in [5, 5.41) is 8.65. The number of carbonyl (C=O) groups is 1. The number of nitrogens with zero attached hydrogens (tertiary/aromatic N) is 4. The third-order valence-corrected chi connectivity index (χ3v) is 4.19. The highest BCUT2D eigenvalue weighted by Crippen LogP contribution is 2.36. The lowest BCUT2D eigenvalue weighted by Gasteiger charge is -2.23. The molecule has 2 amide bonds. The molecule has 2 heterocycles. The average Bonchev–Trinajstić information content (AvgIpc) is 3.35. The molecule has 0 saturated carbocycles. The van der Waals surface area contributed by atoms with E-state index in [1.54, 1.807) is 26.2 Å². The molecule has 154 valence electrons. The lowest BCUT2D eigenvalue weighted by molar-refractivity contribution is -0.136. The fourth-order valence-corrected chi connectivity index (χ4v) is 2.73. The second kappa shape index (κ2) is 8.35.